The van der Waals surface area contributed by atoms with E-state index in [4.69, 9.17) is 18.3 Å². The van der Waals surface area contributed by atoms with Crippen LogP contribution < -0.4 is 14.2 Å². The minimum absolute atomic E-state index is 0.109. The van der Waals surface area contributed by atoms with Crippen LogP contribution in [0.2, 0.25) is 38.3 Å². The molecule has 0 aliphatic heterocycles. The minimum Gasteiger partial charge on any atom is -0.508 e. The summed E-state index contributed by atoms with van der Waals surface area (Å²) in [6, 6.07) is 12.4. The standard InChI is InChI=1S/C24H38O6Si2/c1-19-17-20(9-11-22(19)25)28-13-7-15-31(3,4)30-32(5,6)16-8-14-29-21-10-12-23(26)24(18-21)27-2/h9-12,17-18,25-26H,7-8,13-16H2,1-6H3. The Morgan fingerprint density at radius 3 is 1.75 bits per heavy atom. The Hall–Kier alpha value is -2.17. The highest BCUT2D eigenvalue weighted by Gasteiger charge is 2.32. The molecular weight excluding hydrogens is 440 g/mol. The van der Waals surface area contributed by atoms with Crippen LogP contribution in [-0.4, -0.2) is 47.2 Å². The van der Waals surface area contributed by atoms with Crippen LogP contribution in [0.5, 0.6) is 28.7 Å². The molecule has 8 heteroatoms. The first-order valence-electron chi connectivity index (χ1n) is 11.1. The van der Waals surface area contributed by atoms with Crippen molar-refractivity contribution in [3.05, 3.63) is 42.0 Å². The van der Waals surface area contributed by atoms with Gasteiger partial charge >= 0.3 is 0 Å². The lowest BCUT2D eigenvalue weighted by molar-refractivity contribution is 0.308. The maximum Gasteiger partial charge on any atom is 0.173 e. The molecule has 0 aliphatic rings. The van der Waals surface area contributed by atoms with Crippen molar-refractivity contribution in [1.29, 1.82) is 0 Å². The highest BCUT2D eigenvalue weighted by atomic mass is 28.4. The van der Waals surface area contributed by atoms with Crippen molar-refractivity contribution >= 4 is 16.6 Å². The zero-order valence-corrected chi connectivity index (χ0v) is 22.2. The van der Waals surface area contributed by atoms with Gasteiger partial charge in [-0.3, -0.25) is 0 Å². The quantitative estimate of drug-likeness (QED) is 0.268. The fourth-order valence-corrected chi connectivity index (χ4v) is 12.5. The predicted octanol–water partition coefficient (Wildman–Crippen LogP) is 6.08. The van der Waals surface area contributed by atoms with Crippen molar-refractivity contribution in [2.45, 2.75) is 58.0 Å². The number of ether oxygens (including phenoxy) is 3. The smallest absolute Gasteiger partial charge is 0.173 e. The van der Waals surface area contributed by atoms with Gasteiger partial charge in [-0.1, -0.05) is 0 Å². The van der Waals surface area contributed by atoms with E-state index in [1.54, 1.807) is 30.3 Å². The summed E-state index contributed by atoms with van der Waals surface area (Å²) in [6.07, 6.45) is 1.88. The summed E-state index contributed by atoms with van der Waals surface area (Å²) >= 11 is 0. The molecule has 2 aromatic carbocycles. The molecule has 0 saturated heterocycles. The first-order valence-corrected chi connectivity index (χ1v) is 17.4. The molecule has 2 N–H and O–H groups in total. The molecule has 0 unspecified atom stereocenters. The molecule has 0 saturated carbocycles. The summed E-state index contributed by atoms with van der Waals surface area (Å²) in [4.78, 5) is 0. The molecule has 0 heterocycles. The number of rotatable bonds is 13. The molecule has 2 aromatic rings. The highest BCUT2D eigenvalue weighted by molar-refractivity contribution is 6.84. The van der Waals surface area contributed by atoms with Gasteiger partial charge in [0, 0.05) is 6.07 Å². The Kier molecular flexibility index (Phi) is 9.48. The van der Waals surface area contributed by atoms with Crippen molar-refractivity contribution in [3.8, 4) is 28.7 Å². The third kappa shape index (κ3) is 8.76. The number of benzene rings is 2. The first kappa shape index (κ1) is 26.1. The van der Waals surface area contributed by atoms with Crippen LogP contribution in [0.3, 0.4) is 0 Å². The summed E-state index contributed by atoms with van der Waals surface area (Å²) in [5, 5.41) is 19.3. The minimum atomic E-state index is -1.79. The topological polar surface area (TPSA) is 77.4 Å². The maximum atomic E-state index is 9.67. The van der Waals surface area contributed by atoms with Crippen molar-refractivity contribution in [1.82, 2.24) is 0 Å². The number of aromatic hydroxyl groups is 2. The third-order valence-electron chi connectivity index (χ3n) is 5.26. The Morgan fingerprint density at radius 2 is 1.25 bits per heavy atom. The summed E-state index contributed by atoms with van der Waals surface area (Å²) < 4.78 is 23.5. The number of phenolic OH excluding ortho intramolecular Hbond substituents is 2. The molecule has 6 nitrogen and oxygen atoms in total. The molecule has 0 fully saturated rings. The predicted molar refractivity (Wildman–Crippen MR) is 133 cm³/mol. The van der Waals surface area contributed by atoms with E-state index >= 15 is 0 Å². The molecule has 0 amide bonds. The summed E-state index contributed by atoms with van der Waals surface area (Å²) in [7, 11) is -2.05. The lowest BCUT2D eigenvalue weighted by Crippen LogP contribution is -2.44. The van der Waals surface area contributed by atoms with Crippen LogP contribution in [0.15, 0.2) is 36.4 Å². The van der Waals surface area contributed by atoms with Crippen LogP contribution in [0.1, 0.15) is 18.4 Å². The van der Waals surface area contributed by atoms with Gasteiger partial charge in [-0.25, -0.2) is 0 Å². The van der Waals surface area contributed by atoms with E-state index in [0.717, 1.165) is 36.2 Å². The number of aryl methyl sites for hydroxylation is 1. The fourth-order valence-electron chi connectivity index (χ4n) is 3.69. The second-order valence-electron chi connectivity index (χ2n) is 9.31. The molecule has 32 heavy (non-hydrogen) atoms. The van der Waals surface area contributed by atoms with E-state index in [1.165, 1.54) is 7.11 Å². The van der Waals surface area contributed by atoms with Gasteiger partial charge in [0.2, 0.25) is 0 Å². The maximum absolute atomic E-state index is 9.67. The summed E-state index contributed by atoms with van der Waals surface area (Å²) in [5.74, 6) is 2.30. The number of methoxy groups -OCH3 is 1. The van der Waals surface area contributed by atoms with Crippen molar-refractivity contribution in [2.75, 3.05) is 20.3 Å². The zero-order valence-electron chi connectivity index (χ0n) is 20.2. The van der Waals surface area contributed by atoms with Crippen molar-refractivity contribution in [3.63, 3.8) is 0 Å². The third-order valence-corrected chi connectivity index (χ3v) is 12.8. The SMILES string of the molecule is COc1cc(OCCC[Si](C)(C)O[Si](C)(C)CCCOc2ccc(O)c(C)c2)ccc1O. The molecule has 0 aromatic heterocycles. The van der Waals surface area contributed by atoms with Gasteiger partial charge in [-0.05, 0) is 93.9 Å². The lowest BCUT2D eigenvalue weighted by Gasteiger charge is -2.34. The monoisotopic (exact) mass is 478 g/mol. The molecule has 2 rings (SSSR count). The van der Waals surface area contributed by atoms with Gasteiger partial charge in [-0.15, -0.1) is 0 Å². The van der Waals surface area contributed by atoms with E-state index < -0.39 is 16.6 Å². The van der Waals surface area contributed by atoms with Crippen LogP contribution in [-0.2, 0) is 4.12 Å². The van der Waals surface area contributed by atoms with Gasteiger partial charge < -0.3 is 28.5 Å². The molecule has 0 bridgehead atoms. The van der Waals surface area contributed by atoms with E-state index in [-0.39, 0.29) is 5.75 Å². The van der Waals surface area contributed by atoms with Crippen LogP contribution in [0.4, 0.5) is 0 Å². The molecule has 0 spiro atoms. The Morgan fingerprint density at radius 1 is 0.750 bits per heavy atom. The van der Waals surface area contributed by atoms with Crippen LogP contribution in [0.25, 0.3) is 0 Å². The zero-order chi connectivity index (χ0) is 23.8. The molecule has 0 atom stereocenters. The second kappa shape index (κ2) is 11.6. The molecule has 0 aliphatic carbocycles. The van der Waals surface area contributed by atoms with Gasteiger partial charge in [0.1, 0.15) is 17.2 Å². The number of hydrogen-bond acceptors (Lipinski definition) is 6. The van der Waals surface area contributed by atoms with Crippen LogP contribution in [0, 0.1) is 6.92 Å². The highest BCUT2D eigenvalue weighted by Crippen LogP contribution is 2.30. The number of phenols is 2. The second-order valence-corrected chi connectivity index (χ2v) is 18.2. The largest absolute Gasteiger partial charge is 0.508 e. The van der Waals surface area contributed by atoms with Gasteiger partial charge in [0.05, 0.1) is 20.3 Å². The Labute approximate surface area is 194 Å². The van der Waals surface area contributed by atoms with Gasteiger partial charge in [0.15, 0.2) is 28.1 Å². The van der Waals surface area contributed by atoms with Gasteiger partial charge in [0.25, 0.3) is 0 Å². The van der Waals surface area contributed by atoms with E-state index in [0.29, 0.717) is 30.5 Å². The summed E-state index contributed by atoms with van der Waals surface area (Å²) in [6.45, 7) is 12.2. The first-order chi connectivity index (χ1) is 15.0. The fraction of sp³-hybridized carbons (Fsp3) is 0.500. The summed E-state index contributed by atoms with van der Waals surface area (Å²) in [5.41, 5.74) is 0.821. The molecule has 178 valence electrons. The van der Waals surface area contributed by atoms with Crippen LogP contribution >= 0.6 is 0 Å². The van der Waals surface area contributed by atoms with Crippen molar-refractivity contribution < 1.29 is 28.5 Å². The normalized spacial score (nSPS) is 11.9. The number of hydrogen-bond donors (Lipinski definition) is 2. The molecular formula is C24H38O6Si2. The van der Waals surface area contributed by atoms with Gasteiger partial charge in [-0.2, -0.15) is 0 Å². The average molecular weight is 479 g/mol. The Bertz CT molecular complexity index is 870. The van der Waals surface area contributed by atoms with E-state index in [1.807, 2.05) is 13.0 Å². The van der Waals surface area contributed by atoms with E-state index in [9.17, 15) is 10.2 Å². The van der Waals surface area contributed by atoms with E-state index in [2.05, 4.69) is 26.2 Å². The molecule has 0 radical (unpaired) electrons. The Balaban J connectivity index is 1.70. The van der Waals surface area contributed by atoms with Crippen molar-refractivity contribution in [2.24, 2.45) is 0 Å². The lowest BCUT2D eigenvalue weighted by atomic mass is 10.2. The average Bonchev–Trinajstić information content (AvgIpc) is 2.71.